The average molecular weight is 339 g/mol. The van der Waals surface area contributed by atoms with E-state index >= 15 is 0 Å². The minimum atomic E-state index is -1.15. The van der Waals surface area contributed by atoms with Crippen molar-refractivity contribution < 1.29 is 14.7 Å². The molecule has 0 heterocycles. The SMILES string of the molecule is C#CCC(NC(=O)N(C)Cc1cccc(Br)c1)C(=O)O. The van der Waals surface area contributed by atoms with Crippen molar-refractivity contribution in [1.29, 1.82) is 0 Å². The van der Waals surface area contributed by atoms with Gasteiger partial charge in [-0.2, -0.15) is 0 Å². The zero-order valence-electron chi connectivity index (χ0n) is 11.0. The number of halogens is 1. The van der Waals surface area contributed by atoms with E-state index in [-0.39, 0.29) is 6.42 Å². The van der Waals surface area contributed by atoms with Gasteiger partial charge in [-0.15, -0.1) is 12.3 Å². The summed E-state index contributed by atoms with van der Waals surface area (Å²) in [6.45, 7) is 0.369. The lowest BCUT2D eigenvalue weighted by molar-refractivity contribution is -0.139. The Morgan fingerprint density at radius 1 is 1.55 bits per heavy atom. The molecule has 1 aromatic carbocycles. The first-order valence-electron chi connectivity index (χ1n) is 5.86. The van der Waals surface area contributed by atoms with Gasteiger partial charge in [-0.1, -0.05) is 28.1 Å². The zero-order valence-corrected chi connectivity index (χ0v) is 12.6. The number of hydrogen-bond acceptors (Lipinski definition) is 2. The fourth-order valence-electron chi connectivity index (χ4n) is 1.56. The Bertz CT molecular complexity index is 539. The number of nitrogens with zero attached hydrogens (tertiary/aromatic N) is 1. The van der Waals surface area contributed by atoms with Crippen molar-refractivity contribution in [3.05, 3.63) is 34.3 Å². The molecule has 6 heteroatoms. The van der Waals surface area contributed by atoms with Crippen LogP contribution >= 0.6 is 15.9 Å². The highest BCUT2D eigenvalue weighted by Crippen LogP contribution is 2.13. The van der Waals surface area contributed by atoms with Gasteiger partial charge in [0.25, 0.3) is 0 Å². The van der Waals surface area contributed by atoms with Crippen molar-refractivity contribution in [2.45, 2.75) is 19.0 Å². The Morgan fingerprint density at radius 2 is 2.25 bits per heavy atom. The maximum atomic E-state index is 11.9. The van der Waals surface area contributed by atoms with E-state index in [1.165, 1.54) is 4.90 Å². The molecule has 0 fully saturated rings. The third kappa shape index (κ3) is 4.94. The Morgan fingerprint density at radius 3 is 2.80 bits per heavy atom. The van der Waals surface area contributed by atoms with Crippen LogP contribution in [0.3, 0.4) is 0 Å². The zero-order chi connectivity index (χ0) is 15.1. The molecule has 0 aliphatic carbocycles. The van der Waals surface area contributed by atoms with E-state index < -0.39 is 18.0 Å². The summed E-state index contributed by atoms with van der Waals surface area (Å²) in [5.74, 6) is 1.08. The molecule has 20 heavy (non-hydrogen) atoms. The highest BCUT2D eigenvalue weighted by Gasteiger charge is 2.20. The standard InChI is InChI=1S/C14H15BrN2O3/c1-3-5-12(13(18)19)16-14(20)17(2)9-10-6-4-7-11(15)8-10/h1,4,6-8,12H,5,9H2,2H3,(H,16,20)(H,18,19). The molecule has 2 N–H and O–H groups in total. The van der Waals surface area contributed by atoms with Crippen LogP contribution in [0.25, 0.3) is 0 Å². The van der Waals surface area contributed by atoms with Crippen molar-refractivity contribution >= 4 is 27.9 Å². The molecule has 5 nitrogen and oxygen atoms in total. The van der Waals surface area contributed by atoms with Crippen molar-refractivity contribution in [2.75, 3.05) is 7.05 Å². The van der Waals surface area contributed by atoms with Crippen LogP contribution in [0.1, 0.15) is 12.0 Å². The molecule has 0 aromatic heterocycles. The highest BCUT2D eigenvalue weighted by atomic mass is 79.9. The molecule has 0 aliphatic rings. The molecule has 0 saturated heterocycles. The van der Waals surface area contributed by atoms with Gasteiger partial charge in [-0.05, 0) is 17.7 Å². The van der Waals surface area contributed by atoms with Gasteiger partial charge in [0.2, 0.25) is 0 Å². The first kappa shape index (κ1) is 16.1. The molecule has 1 aromatic rings. The fourth-order valence-corrected chi connectivity index (χ4v) is 2.00. The van der Waals surface area contributed by atoms with E-state index in [4.69, 9.17) is 11.5 Å². The van der Waals surface area contributed by atoms with Gasteiger partial charge in [0.05, 0.1) is 0 Å². The average Bonchev–Trinajstić information content (AvgIpc) is 2.37. The van der Waals surface area contributed by atoms with Crippen molar-refractivity contribution in [2.24, 2.45) is 0 Å². The van der Waals surface area contributed by atoms with Crippen LogP contribution in [-0.2, 0) is 11.3 Å². The lowest BCUT2D eigenvalue weighted by Crippen LogP contribution is -2.46. The lowest BCUT2D eigenvalue weighted by atomic mass is 10.2. The topological polar surface area (TPSA) is 69.6 Å². The highest BCUT2D eigenvalue weighted by molar-refractivity contribution is 9.10. The van der Waals surface area contributed by atoms with Crippen molar-refractivity contribution in [3.63, 3.8) is 0 Å². The van der Waals surface area contributed by atoms with Crippen LogP contribution in [0, 0.1) is 12.3 Å². The van der Waals surface area contributed by atoms with Gasteiger partial charge in [0.15, 0.2) is 0 Å². The minimum Gasteiger partial charge on any atom is -0.480 e. The normalized spacial score (nSPS) is 11.2. The molecular formula is C14H15BrN2O3. The summed E-state index contributed by atoms with van der Waals surface area (Å²) in [6, 6.07) is 5.97. The van der Waals surface area contributed by atoms with E-state index in [9.17, 15) is 9.59 Å². The van der Waals surface area contributed by atoms with Crippen LogP contribution in [0.2, 0.25) is 0 Å². The number of carbonyl (C=O) groups excluding carboxylic acids is 1. The smallest absolute Gasteiger partial charge is 0.327 e. The van der Waals surface area contributed by atoms with Crippen molar-refractivity contribution in [3.8, 4) is 12.3 Å². The van der Waals surface area contributed by atoms with Gasteiger partial charge in [0.1, 0.15) is 6.04 Å². The molecule has 1 atom stereocenters. The maximum absolute atomic E-state index is 11.9. The molecule has 0 saturated carbocycles. The third-order valence-electron chi connectivity index (χ3n) is 2.57. The lowest BCUT2D eigenvalue weighted by Gasteiger charge is -2.20. The van der Waals surface area contributed by atoms with Gasteiger partial charge in [-0.25, -0.2) is 9.59 Å². The Hall–Kier alpha value is -2.00. The number of urea groups is 1. The Kier molecular flexibility index (Phi) is 6.07. The van der Waals surface area contributed by atoms with Crippen LogP contribution < -0.4 is 5.32 Å². The Labute approximate surface area is 126 Å². The number of terminal acetylenes is 1. The number of hydrogen-bond donors (Lipinski definition) is 2. The molecule has 0 spiro atoms. The molecule has 1 unspecified atom stereocenters. The molecule has 0 radical (unpaired) electrons. The second-order valence-corrected chi connectivity index (χ2v) is 5.15. The number of amides is 2. The molecule has 2 amide bonds. The summed E-state index contributed by atoms with van der Waals surface area (Å²) < 4.78 is 0.916. The predicted octanol–water partition coefficient (Wildman–Crippen LogP) is 2.07. The summed E-state index contributed by atoms with van der Waals surface area (Å²) in [7, 11) is 1.59. The number of nitrogens with one attached hydrogen (secondary N) is 1. The maximum Gasteiger partial charge on any atom is 0.327 e. The largest absolute Gasteiger partial charge is 0.480 e. The van der Waals surface area contributed by atoms with Crippen LogP contribution in [0.5, 0.6) is 0 Å². The second-order valence-electron chi connectivity index (χ2n) is 4.23. The first-order chi connectivity index (χ1) is 9.43. The summed E-state index contributed by atoms with van der Waals surface area (Å²) in [4.78, 5) is 24.2. The van der Waals surface area contributed by atoms with Crippen LogP contribution in [0.4, 0.5) is 4.79 Å². The molecule has 0 bridgehead atoms. The van der Waals surface area contributed by atoms with Gasteiger partial charge >= 0.3 is 12.0 Å². The summed E-state index contributed by atoms with van der Waals surface area (Å²) in [5, 5.41) is 11.3. The monoisotopic (exact) mass is 338 g/mol. The van der Waals surface area contributed by atoms with Crippen LogP contribution in [-0.4, -0.2) is 35.1 Å². The van der Waals surface area contributed by atoms with E-state index in [1.807, 2.05) is 24.3 Å². The second kappa shape index (κ2) is 7.56. The number of rotatable bonds is 5. The van der Waals surface area contributed by atoms with Crippen LogP contribution in [0.15, 0.2) is 28.7 Å². The van der Waals surface area contributed by atoms with E-state index in [2.05, 4.69) is 27.2 Å². The summed E-state index contributed by atoms with van der Waals surface area (Å²) in [6.07, 6.45) is 5.03. The van der Waals surface area contributed by atoms with E-state index in [0.29, 0.717) is 6.54 Å². The van der Waals surface area contributed by atoms with E-state index in [0.717, 1.165) is 10.0 Å². The Balaban J connectivity index is 2.63. The number of benzene rings is 1. The van der Waals surface area contributed by atoms with E-state index in [1.54, 1.807) is 7.05 Å². The third-order valence-corrected chi connectivity index (χ3v) is 3.07. The number of carboxylic acid groups (broad SMARTS) is 1. The summed E-state index contributed by atoms with van der Waals surface area (Å²) >= 11 is 3.35. The van der Waals surface area contributed by atoms with Gasteiger partial charge in [0, 0.05) is 24.5 Å². The molecule has 1 rings (SSSR count). The van der Waals surface area contributed by atoms with Gasteiger partial charge < -0.3 is 15.3 Å². The molecular weight excluding hydrogens is 324 g/mol. The molecule has 106 valence electrons. The predicted molar refractivity (Wildman–Crippen MR) is 79.0 cm³/mol. The minimum absolute atomic E-state index is 0.0498. The van der Waals surface area contributed by atoms with Gasteiger partial charge in [-0.3, -0.25) is 0 Å². The quantitative estimate of drug-likeness (QED) is 0.807. The summed E-state index contributed by atoms with van der Waals surface area (Å²) in [5.41, 5.74) is 0.931. The first-order valence-corrected chi connectivity index (χ1v) is 6.65. The fraction of sp³-hybridized carbons (Fsp3) is 0.286. The number of aliphatic carboxylic acids is 1. The van der Waals surface area contributed by atoms with Crippen molar-refractivity contribution in [1.82, 2.24) is 10.2 Å². The molecule has 0 aliphatic heterocycles. The number of carbonyl (C=O) groups is 2. The number of carboxylic acids is 1.